The van der Waals surface area contributed by atoms with Gasteiger partial charge in [-0.05, 0) is 60.0 Å². The molecular formula is C22H19ClN2O3S. The van der Waals surface area contributed by atoms with Crippen LogP contribution >= 0.6 is 11.6 Å². The number of aryl methyl sites for hydroxylation is 1. The zero-order chi connectivity index (χ0) is 20.4. The van der Waals surface area contributed by atoms with E-state index in [1.165, 1.54) is 0 Å². The summed E-state index contributed by atoms with van der Waals surface area (Å²) in [6.07, 6.45) is 0.952. The fourth-order valence-corrected chi connectivity index (χ4v) is 4.75. The van der Waals surface area contributed by atoms with Gasteiger partial charge in [-0.25, -0.2) is 8.42 Å². The summed E-state index contributed by atoms with van der Waals surface area (Å²) in [5, 5.41) is 0.561. The third-order valence-corrected chi connectivity index (χ3v) is 6.25. The van der Waals surface area contributed by atoms with Crippen LogP contribution in [0.1, 0.15) is 17.5 Å². The molecule has 29 heavy (non-hydrogen) atoms. The van der Waals surface area contributed by atoms with Crippen LogP contribution in [0.25, 0.3) is 0 Å². The molecule has 0 atom stereocenters. The fraction of sp³-hybridized carbons (Fsp3) is 0.136. The summed E-state index contributed by atoms with van der Waals surface area (Å²) in [4.78, 5) is 14.2. The Morgan fingerprint density at radius 1 is 0.931 bits per heavy atom. The number of hydrogen-bond donors (Lipinski definition) is 1. The number of rotatable bonds is 5. The lowest BCUT2D eigenvalue weighted by Crippen LogP contribution is -2.30. The van der Waals surface area contributed by atoms with Crippen LogP contribution in [-0.4, -0.2) is 14.3 Å². The van der Waals surface area contributed by atoms with Gasteiger partial charge in [0.25, 0.3) is 0 Å². The van der Waals surface area contributed by atoms with Gasteiger partial charge in [-0.15, -0.1) is 0 Å². The number of nitrogens with zero attached hydrogens (tertiary/aromatic N) is 1. The van der Waals surface area contributed by atoms with Crippen LogP contribution < -0.4 is 9.62 Å². The highest BCUT2D eigenvalue weighted by atomic mass is 35.5. The van der Waals surface area contributed by atoms with E-state index in [2.05, 4.69) is 4.72 Å². The molecule has 4 rings (SSSR count). The van der Waals surface area contributed by atoms with Crippen molar-refractivity contribution in [2.75, 3.05) is 9.62 Å². The van der Waals surface area contributed by atoms with Crippen LogP contribution in [-0.2, 0) is 27.0 Å². The normalized spacial score (nSPS) is 13.8. The summed E-state index contributed by atoms with van der Waals surface area (Å²) in [5.41, 5.74) is 3.66. The van der Waals surface area contributed by atoms with Crippen LogP contribution in [0.3, 0.4) is 0 Å². The van der Waals surface area contributed by atoms with Crippen molar-refractivity contribution in [2.45, 2.75) is 18.6 Å². The molecule has 7 heteroatoms. The van der Waals surface area contributed by atoms with E-state index in [4.69, 9.17) is 11.6 Å². The highest BCUT2D eigenvalue weighted by Gasteiger charge is 2.26. The van der Waals surface area contributed by atoms with Crippen molar-refractivity contribution in [1.29, 1.82) is 0 Å². The highest BCUT2D eigenvalue weighted by Crippen LogP contribution is 2.35. The quantitative estimate of drug-likeness (QED) is 0.631. The first-order valence-corrected chi connectivity index (χ1v) is 11.2. The average molecular weight is 427 g/mol. The minimum absolute atomic E-state index is 0.0276. The number of benzene rings is 3. The van der Waals surface area contributed by atoms with Crippen LogP contribution in [0.5, 0.6) is 0 Å². The summed E-state index contributed by atoms with van der Waals surface area (Å²) < 4.78 is 27.7. The van der Waals surface area contributed by atoms with Gasteiger partial charge in [-0.3, -0.25) is 14.4 Å². The van der Waals surface area contributed by atoms with E-state index < -0.39 is 10.0 Å². The number of para-hydroxylation sites is 1. The van der Waals surface area contributed by atoms with Crippen LogP contribution in [0, 0.1) is 0 Å². The predicted molar refractivity (Wildman–Crippen MR) is 116 cm³/mol. The zero-order valence-corrected chi connectivity index (χ0v) is 17.1. The Morgan fingerprint density at radius 2 is 1.66 bits per heavy atom. The zero-order valence-electron chi connectivity index (χ0n) is 15.5. The number of carbonyl (C=O) groups is 1. The minimum Gasteiger partial charge on any atom is -0.283 e. The van der Waals surface area contributed by atoms with Gasteiger partial charge in [0.2, 0.25) is 15.9 Å². The lowest BCUT2D eigenvalue weighted by molar-refractivity contribution is -0.118. The van der Waals surface area contributed by atoms with Gasteiger partial charge >= 0.3 is 0 Å². The predicted octanol–water partition coefficient (Wildman–Crippen LogP) is 4.89. The molecule has 0 bridgehead atoms. The molecule has 148 valence electrons. The van der Waals surface area contributed by atoms with Gasteiger partial charge in [0.15, 0.2) is 0 Å². The lowest BCUT2D eigenvalue weighted by Gasteiger charge is -2.30. The SMILES string of the molecule is O=C1CCc2cc(NS(=O)(=O)Cc3ccc(Cl)cc3)ccc2N1c1ccccc1. The first-order chi connectivity index (χ1) is 13.9. The van der Waals surface area contributed by atoms with Crippen molar-refractivity contribution >= 4 is 44.6 Å². The Bertz CT molecular complexity index is 1150. The van der Waals surface area contributed by atoms with Crippen molar-refractivity contribution in [2.24, 2.45) is 0 Å². The first-order valence-electron chi connectivity index (χ1n) is 9.17. The van der Waals surface area contributed by atoms with E-state index >= 15 is 0 Å². The Balaban J connectivity index is 1.58. The van der Waals surface area contributed by atoms with Crippen LogP contribution in [0.4, 0.5) is 17.1 Å². The number of carbonyl (C=O) groups excluding carboxylic acids is 1. The third kappa shape index (κ3) is 4.44. The number of sulfonamides is 1. The summed E-state index contributed by atoms with van der Waals surface area (Å²) in [6.45, 7) is 0. The Kier molecular flexibility index (Phi) is 5.30. The lowest BCUT2D eigenvalue weighted by atomic mass is 10.00. The molecule has 0 saturated carbocycles. The molecule has 0 aromatic heterocycles. The molecule has 0 aliphatic carbocycles. The molecule has 3 aromatic rings. The van der Waals surface area contributed by atoms with Gasteiger partial charge in [0.05, 0.1) is 11.4 Å². The molecular weight excluding hydrogens is 408 g/mol. The van der Waals surface area contributed by atoms with Crippen molar-refractivity contribution in [3.05, 3.63) is 88.9 Å². The first kappa shape index (κ1) is 19.5. The van der Waals surface area contributed by atoms with Crippen molar-refractivity contribution in [3.63, 3.8) is 0 Å². The highest BCUT2D eigenvalue weighted by molar-refractivity contribution is 7.91. The second kappa shape index (κ2) is 7.89. The van der Waals surface area contributed by atoms with Crippen LogP contribution in [0.15, 0.2) is 72.8 Å². The van der Waals surface area contributed by atoms with E-state index in [0.29, 0.717) is 29.1 Å². The maximum Gasteiger partial charge on any atom is 0.236 e. The number of halogens is 1. The molecule has 1 aliphatic heterocycles. The van der Waals surface area contributed by atoms with E-state index in [-0.39, 0.29) is 11.7 Å². The van der Waals surface area contributed by atoms with Crippen LogP contribution in [0.2, 0.25) is 5.02 Å². The smallest absolute Gasteiger partial charge is 0.236 e. The maximum atomic E-state index is 12.6. The largest absolute Gasteiger partial charge is 0.283 e. The summed E-state index contributed by atoms with van der Waals surface area (Å²) in [6, 6.07) is 21.4. The van der Waals surface area contributed by atoms with Gasteiger partial charge in [-0.1, -0.05) is 41.9 Å². The number of fused-ring (bicyclic) bond motifs is 1. The number of nitrogens with one attached hydrogen (secondary N) is 1. The second-order valence-electron chi connectivity index (χ2n) is 6.90. The second-order valence-corrected chi connectivity index (χ2v) is 9.05. The van der Waals surface area contributed by atoms with Gasteiger partial charge in [0, 0.05) is 22.8 Å². The van der Waals surface area contributed by atoms with Gasteiger partial charge < -0.3 is 0 Å². The molecule has 1 heterocycles. The molecule has 5 nitrogen and oxygen atoms in total. The monoisotopic (exact) mass is 426 g/mol. The minimum atomic E-state index is -3.58. The van der Waals surface area contributed by atoms with Crippen molar-refractivity contribution in [3.8, 4) is 0 Å². The summed E-state index contributed by atoms with van der Waals surface area (Å²) in [7, 11) is -3.58. The summed E-state index contributed by atoms with van der Waals surface area (Å²) >= 11 is 5.85. The number of hydrogen-bond acceptors (Lipinski definition) is 3. The standard InChI is InChI=1S/C22H19ClN2O3S/c23-18-9-6-16(7-10-18)15-29(27,28)24-19-11-12-21-17(14-19)8-13-22(26)25(21)20-4-2-1-3-5-20/h1-7,9-12,14,24H,8,13,15H2. The topological polar surface area (TPSA) is 66.5 Å². The number of anilines is 3. The van der Waals surface area contributed by atoms with Crippen molar-refractivity contribution in [1.82, 2.24) is 0 Å². The summed E-state index contributed by atoms with van der Waals surface area (Å²) in [5.74, 6) is -0.115. The van der Waals surface area contributed by atoms with E-state index in [1.807, 2.05) is 30.3 Å². The van der Waals surface area contributed by atoms with Gasteiger partial charge in [0.1, 0.15) is 0 Å². The maximum absolute atomic E-state index is 12.6. The fourth-order valence-electron chi connectivity index (χ4n) is 3.43. The molecule has 0 spiro atoms. The molecule has 0 fully saturated rings. The molecule has 1 aliphatic rings. The Morgan fingerprint density at radius 3 is 2.38 bits per heavy atom. The molecule has 1 amide bonds. The third-order valence-electron chi connectivity index (χ3n) is 4.74. The van der Waals surface area contributed by atoms with Gasteiger partial charge in [-0.2, -0.15) is 0 Å². The molecule has 0 radical (unpaired) electrons. The average Bonchev–Trinajstić information content (AvgIpc) is 2.70. The Hall–Kier alpha value is -2.83. The molecule has 0 unspecified atom stereocenters. The molecule has 1 N–H and O–H groups in total. The number of amides is 1. The van der Waals surface area contributed by atoms with E-state index in [9.17, 15) is 13.2 Å². The van der Waals surface area contributed by atoms with Crippen molar-refractivity contribution < 1.29 is 13.2 Å². The van der Waals surface area contributed by atoms with E-state index in [1.54, 1.807) is 47.4 Å². The molecule has 3 aromatic carbocycles. The van der Waals surface area contributed by atoms with E-state index in [0.717, 1.165) is 16.9 Å². The molecule has 0 saturated heterocycles. The Labute approximate surface area is 175 Å².